The smallest absolute Gasteiger partial charge is 0.336 e. The largest absolute Gasteiger partial charge is 0.423 e. The van der Waals surface area contributed by atoms with Gasteiger partial charge in [0.1, 0.15) is 11.4 Å². The van der Waals surface area contributed by atoms with Crippen LogP contribution in [0.4, 0.5) is 10.1 Å². The Morgan fingerprint density at radius 3 is 2.77 bits per heavy atom. The van der Waals surface area contributed by atoms with E-state index >= 15 is 0 Å². The van der Waals surface area contributed by atoms with Crippen molar-refractivity contribution in [2.75, 3.05) is 11.4 Å². The molecule has 2 amide bonds. The number of carbonyl (C=O) groups excluding carboxylic acids is 2. The summed E-state index contributed by atoms with van der Waals surface area (Å²) in [6.45, 7) is 0.0255. The predicted octanol–water partition coefficient (Wildman–Crippen LogP) is 2.37. The molecule has 4 rings (SSSR count). The Morgan fingerprint density at radius 2 is 2.00 bits per heavy atom. The SMILES string of the molecule is O=C(NCc1cc(F)cc(Cl)c1)C1(O)CCN(c2ccc3oc(=O)ccc3c2)C1=O. The van der Waals surface area contributed by atoms with Crippen molar-refractivity contribution in [2.45, 2.75) is 18.6 Å². The van der Waals surface area contributed by atoms with Crippen molar-refractivity contribution in [3.05, 3.63) is 75.4 Å². The predicted molar refractivity (Wildman–Crippen MR) is 108 cm³/mol. The lowest BCUT2D eigenvalue weighted by molar-refractivity contribution is -0.149. The molecule has 1 unspecified atom stereocenters. The Bertz CT molecular complexity index is 1210. The monoisotopic (exact) mass is 430 g/mol. The number of nitrogens with zero attached hydrogens (tertiary/aromatic N) is 1. The molecule has 0 spiro atoms. The summed E-state index contributed by atoms with van der Waals surface area (Å²) in [5, 5.41) is 14.0. The van der Waals surface area contributed by atoms with Crippen molar-refractivity contribution >= 4 is 40.1 Å². The van der Waals surface area contributed by atoms with E-state index in [1.165, 1.54) is 23.1 Å². The number of nitrogens with one attached hydrogen (secondary N) is 1. The number of fused-ring (bicyclic) bond motifs is 1. The molecule has 0 saturated carbocycles. The molecule has 30 heavy (non-hydrogen) atoms. The Morgan fingerprint density at radius 1 is 1.20 bits per heavy atom. The quantitative estimate of drug-likeness (QED) is 0.489. The maximum absolute atomic E-state index is 13.4. The van der Waals surface area contributed by atoms with E-state index in [4.69, 9.17) is 16.0 Å². The number of hydrogen-bond donors (Lipinski definition) is 2. The molecule has 0 bridgehead atoms. The molecule has 7 nitrogen and oxygen atoms in total. The Balaban J connectivity index is 1.51. The fraction of sp³-hybridized carbons (Fsp3) is 0.190. The topological polar surface area (TPSA) is 99.8 Å². The van der Waals surface area contributed by atoms with Crippen LogP contribution >= 0.6 is 11.6 Å². The van der Waals surface area contributed by atoms with Crippen LogP contribution in [0, 0.1) is 5.82 Å². The first-order valence-electron chi connectivity index (χ1n) is 9.08. The molecule has 154 valence electrons. The molecule has 0 aliphatic carbocycles. The van der Waals surface area contributed by atoms with Crippen molar-refractivity contribution < 1.29 is 23.5 Å². The van der Waals surface area contributed by atoms with Gasteiger partial charge in [-0.1, -0.05) is 11.6 Å². The number of aliphatic hydroxyl groups is 1. The highest BCUT2D eigenvalue weighted by molar-refractivity contribution is 6.30. The molecule has 2 heterocycles. The first-order valence-corrected chi connectivity index (χ1v) is 9.46. The van der Waals surface area contributed by atoms with E-state index in [0.29, 0.717) is 22.2 Å². The van der Waals surface area contributed by atoms with E-state index in [9.17, 15) is 23.9 Å². The third-order valence-corrected chi connectivity index (χ3v) is 5.18. The van der Waals surface area contributed by atoms with Crippen LogP contribution in [-0.2, 0) is 16.1 Å². The van der Waals surface area contributed by atoms with Gasteiger partial charge in [-0.05, 0) is 48.0 Å². The number of benzene rings is 2. The van der Waals surface area contributed by atoms with Crippen molar-refractivity contribution in [1.29, 1.82) is 0 Å². The summed E-state index contributed by atoms with van der Waals surface area (Å²) >= 11 is 5.79. The molecule has 1 atom stereocenters. The van der Waals surface area contributed by atoms with Crippen LogP contribution in [0.3, 0.4) is 0 Å². The van der Waals surface area contributed by atoms with Crippen LogP contribution < -0.4 is 15.8 Å². The number of rotatable bonds is 4. The second-order valence-corrected chi connectivity index (χ2v) is 7.44. The number of halogens is 2. The van der Waals surface area contributed by atoms with Crippen LogP contribution in [0.15, 0.2) is 57.7 Å². The molecule has 3 aromatic rings. The minimum absolute atomic E-state index is 0.0963. The number of hydrogen-bond acceptors (Lipinski definition) is 5. The lowest BCUT2D eigenvalue weighted by Crippen LogP contribution is -2.52. The Kier molecular flexibility index (Phi) is 5.05. The molecule has 1 aliphatic rings. The van der Waals surface area contributed by atoms with Gasteiger partial charge in [0.25, 0.3) is 11.8 Å². The van der Waals surface area contributed by atoms with Crippen LogP contribution in [0.25, 0.3) is 11.0 Å². The van der Waals surface area contributed by atoms with Crippen molar-refractivity contribution in [2.24, 2.45) is 0 Å². The van der Waals surface area contributed by atoms with Crippen molar-refractivity contribution in [3.8, 4) is 0 Å². The van der Waals surface area contributed by atoms with Gasteiger partial charge in [0.2, 0.25) is 5.60 Å². The van der Waals surface area contributed by atoms with E-state index in [-0.39, 0.29) is 24.5 Å². The highest BCUT2D eigenvalue weighted by atomic mass is 35.5. The highest BCUT2D eigenvalue weighted by Gasteiger charge is 2.51. The molecule has 2 aromatic carbocycles. The van der Waals surface area contributed by atoms with Crippen LogP contribution in [-0.4, -0.2) is 29.1 Å². The van der Waals surface area contributed by atoms with E-state index in [1.807, 2.05) is 0 Å². The number of amides is 2. The first kappa shape index (κ1) is 20.1. The summed E-state index contributed by atoms with van der Waals surface area (Å²) < 4.78 is 18.5. The Labute approximate surface area is 174 Å². The van der Waals surface area contributed by atoms with E-state index in [2.05, 4.69) is 5.32 Å². The Hall–Kier alpha value is -3.23. The van der Waals surface area contributed by atoms with Crippen molar-refractivity contribution in [1.82, 2.24) is 5.32 Å². The molecular formula is C21H16ClFN2O5. The first-order chi connectivity index (χ1) is 14.3. The van der Waals surface area contributed by atoms with Gasteiger partial charge in [-0.3, -0.25) is 9.59 Å². The summed E-state index contributed by atoms with van der Waals surface area (Å²) in [4.78, 5) is 38.0. The zero-order valence-electron chi connectivity index (χ0n) is 15.5. The maximum Gasteiger partial charge on any atom is 0.336 e. The molecule has 1 saturated heterocycles. The van der Waals surface area contributed by atoms with Gasteiger partial charge in [-0.15, -0.1) is 0 Å². The van der Waals surface area contributed by atoms with Gasteiger partial charge in [0.05, 0.1) is 0 Å². The molecule has 0 radical (unpaired) electrons. The number of anilines is 1. The van der Waals surface area contributed by atoms with E-state index in [1.54, 1.807) is 24.3 Å². The summed E-state index contributed by atoms with van der Waals surface area (Å²) in [6, 6.07) is 11.4. The zero-order valence-corrected chi connectivity index (χ0v) is 16.3. The van der Waals surface area contributed by atoms with E-state index < -0.39 is 28.9 Å². The van der Waals surface area contributed by atoms with Crippen LogP contribution in [0.1, 0.15) is 12.0 Å². The van der Waals surface area contributed by atoms with Gasteiger partial charge in [-0.2, -0.15) is 0 Å². The van der Waals surface area contributed by atoms with Gasteiger partial charge >= 0.3 is 5.63 Å². The minimum atomic E-state index is -2.24. The van der Waals surface area contributed by atoms with E-state index in [0.717, 1.165) is 6.07 Å². The van der Waals surface area contributed by atoms with Gasteiger partial charge < -0.3 is 19.7 Å². The average molecular weight is 431 g/mol. The second kappa shape index (κ2) is 7.55. The molecule has 1 fully saturated rings. The normalized spacial score (nSPS) is 18.8. The highest BCUT2D eigenvalue weighted by Crippen LogP contribution is 2.30. The van der Waals surface area contributed by atoms with Crippen LogP contribution in [0.2, 0.25) is 5.02 Å². The molecule has 2 N–H and O–H groups in total. The van der Waals surface area contributed by atoms with Gasteiger partial charge in [0.15, 0.2) is 0 Å². The lowest BCUT2D eigenvalue weighted by atomic mass is 10.0. The lowest BCUT2D eigenvalue weighted by Gasteiger charge is -2.22. The summed E-state index contributed by atoms with van der Waals surface area (Å²) in [5.74, 6) is -2.20. The van der Waals surface area contributed by atoms with Gasteiger partial charge in [-0.25, -0.2) is 9.18 Å². The molecule has 1 aliphatic heterocycles. The molecular weight excluding hydrogens is 415 g/mol. The third kappa shape index (κ3) is 3.67. The number of carbonyl (C=O) groups is 2. The molecule has 1 aromatic heterocycles. The average Bonchev–Trinajstić information content (AvgIpc) is 3.01. The standard InChI is InChI=1S/C21H16ClFN2O5/c22-14-7-12(8-15(23)10-14)11-24-19(27)21(29)5-6-25(20(21)28)16-2-3-17-13(9-16)1-4-18(26)30-17/h1-4,7-10,29H,5-6,11H2,(H,24,27). The second-order valence-electron chi connectivity index (χ2n) is 7.00. The molecule has 9 heteroatoms. The fourth-order valence-electron chi connectivity index (χ4n) is 3.43. The van der Waals surface area contributed by atoms with Gasteiger partial charge in [0, 0.05) is 41.7 Å². The minimum Gasteiger partial charge on any atom is -0.423 e. The maximum atomic E-state index is 13.4. The zero-order chi connectivity index (χ0) is 21.5. The van der Waals surface area contributed by atoms with Crippen molar-refractivity contribution in [3.63, 3.8) is 0 Å². The summed E-state index contributed by atoms with van der Waals surface area (Å²) in [5.41, 5.74) is -1.51. The fourth-order valence-corrected chi connectivity index (χ4v) is 3.68. The summed E-state index contributed by atoms with van der Waals surface area (Å²) in [7, 11) is 0. The summed E-state index contributed by atoms with van der Waals surface area (Å²) in [6.07, 6.45) is -0.108. The third-order valence-electron chi connectivity index (χ3n) is 4.96. The van der Waals surface area contributed by atoms with Crippen LogP contribution in [0.5, 0.6) is 0 Å².